The SMILES string of the molecule is O=C(OCC1CCCO1)C1CNCc2ccccc21. The zero-order valence-electron chi connectivity index (χ0n) is 10.9. The summed E-state index contributed by atoms with van der Waals surface area (Å²) in [7, 11) is 0. The Labute approximate surface area is 113 Å². The minimum absolute atomic E-state index is 0.0933. The number of ether oxygens (including phenoxy) is 2. The van der Waals surface area contributed by atoms with E-state index in [2.05, 4.69) is 11.4 Å². The van der Waals surface area contributed by atoms with Gasteiger partial charge >= 0.3 is 5.97 Å². The lowest BCUT2D eigenvalue weighted by molar-refractivity contribution is -0.148. The summed E-state index contributed by atoms with van der Waals surface area (Å²) < 4.78 is 10.9. The van der Waals surface area contributed by atoms with Crippen molar-refractivity contribution in [1.82, 2.24) is 5.32 Å². The van der Waals surface area contributed by atoms with E-state index in [1.54, 1.807) is 0 Å². The van der Waals surface area contributed by atoms with Crippen molar-refractivity contribution >= 4 is 5.97 Å². The van der Waals surface area contributed by atoms with Crippen molar-refractivity contribution in [3.05, 3.63) is 35.4 Å². The molecule has 0 saturated carbocycles. The molecular weight excluding hydrogens is 242 g/mol. The molecule has 0 spiro atoms. The van der Waals surface area contributed by atoms with Crippen LogP contribution in [0, 0.1) is 0 Å². The second kappa shape index (κ2) is 5.72. The summed E-state index contributed by atoms with van der Waals surface area (Å²) in [4.78, 5) is 12.2. The fourth-order valence-corrected chi connectivity index (χ4v) is 2.76. The molecule has 1 fully saturated rings. The van der Waals surface area contributed by atoms with Gasteiger partial charge in [-0.05, 0) is 24.0 Å². The molecule has 1 saturated heterocycles. The van der Waals surface area contributed by atoms with Gasteiger partial charge in [-0.25, -0.2) is 0 Å². The largest absolute Gasteiger partial charge is 0.462 e. The first-order valence-corrected chi connectivity index (χ1v) is 6.91. The minimum Gasteiger partial charge on any atom is -0.462 e. The molecule has 0 radical (unpaired) electrons. The van der Waals surface area contributed by atoms with Crippen molar-refractivity contribution in [3.63, 3.8) is 0 Å². The summed E-state index contributed by atoms with van der Waals surface area (Å²) >= 11 is 0. The minimum atomic E-state index is -0.189. The number of carbonyl (C=O) groups is 1. The van der Waals surface area contributed by atoms with Gasteiger partial charge in [0.2, 0.25) is 0 Å². The zero-order chi connectivity index (χ0) is 13.1. The van der Waals surface area contributed by atoms with Crippen LogP contribution < -0.4 is 5.32 Å². The highest BCUT2D eigenvalue weighted by Gasteiger charge is 2.28. The number of nitrogens with one attached hydrogen (secondary N) is 1. The number of hydrogen-bond acceptors (Lipinski definition) is 4. The van der Waals surface area contributed by atoms with Crippen LogP contribution in [0.15, 0.2) is 24.3 Å². The number of carbonyl (C=O) groups excluding carboxylic acids is 1. The summed E-state index contributed by atoms with van der Waals surface area (Å²) in [5.74, 6) is -0.332. The molecule has 4 nitrogen and oxygen atoms in total. The van der Waals surface area contributed by atoms with Crippen LogP contribution in [-0.2, 0) is 20.8 Å². The van der Waals surface area contributed by atoms with Crippen molar-refractivity contribution < 1.29 is 14.3 Å². The summed E-state index contributed by atoms with van der Waals surface area (Å²) in [6, 6.07) is 8.06. The smallest absolute Gasteiger partial charge is 0.314 e. The molecule has 1 aromatic rings. The van der Waals surface area contributed by atoms with Gasteiger partial charge < -0.3 is 14.8 Å². The van der Waals surface area contributed by atoms with Crippen LogP contribution in [0.2, 0.25) is 0 Å². The first kappa shape index (κ1) is 12.6. The van der Waals surface area contributed by atoms with Crippen LogP contribution >= 0.6 is 0 Å². The molecule has 2 aliphatic rings. The van der Waals surface area contributed by atoms with E-state index in [4.69, 9.17) is 9.47 Å². The standard InChI is InChI=1S/C15H19NO3/c17-15(19-10-12-5-3-7-18-12)14-9-16-8-11-4-1-2-6-13(11)14/h1-2,4,6,12,14,16H,3,5,7-10H2. The van der Waals surface area contributed by atoms with Crippen LogP contribution in [-0.4, -0.2) is 31.8 Å². The highest BCUT2D eigenvalue weighted by atomic mass is 16.6. The van der Waals surface area contributed by atoms with E-state index in [0.29, 0.717) is 13.2 Å². The predicted octanol–water partition coefficient (Wildman–Crippen LogP) is 1.60. The third-order valence-corrected chi connectivity index (χ3v) is 3.81. The summed E-state index contributed by atoms with van der Waals surface area (Å²) in [6.45, 7) is 2.65. The molecule has 2 aliphatic heterocycles. The molecule has 19 heavy (non-hydrogen) atoms. The maximum atomic E-state index is 12.2. The van der Waals surface area contributed by atoms with E-state index in [1.807, 2.05) is 18.2 Å². The second-order valence-corrected chi connectivity index (χ2v) is 5.15. The summed E-state index contributed by atoms with van der Waals surface area (Å²) in [5.41, 5.74) is 2.28. The van der Waals surface area contributed by atoms with Crippen molar-refractivity contribution in [2.45, 2.75) is 31.4 Å². The lowest BCUT2D eigenvalue weighted by atomic mass is 9.91. The molecule has 102 valence electrons. The fraction of sp³-hybridized carbons (Fsp3) is 0.533. The van der Waals surface area contributed by atoms with Crippen LogP contribution in [0.3, 0.4) is 0 Å². The Hall–Kier alpha value is -1.39. The van der Waals surface area contributed by atoms with Crippen molar-refractivity contribution in [2.75, 3.05) is 19.8 Å². The van der Waals surface area contributed by atoms with Crippen LogP contribution in [0.4, 0.5) is 0 Å². The van der Waals surface area contributed by atoms with Gasteiger partial charge in [-0.2, -0.15) is 0 Å². The van der Waals surface area contributed by atoms with Gasteiger partial charge in [0.25, 0.3) is 0 Å². The fourth-order valence-electron chi connectivity index (χ4n) is 2.76. The van der Waals surface area contributed by atoms with E-state index in [-0.39, 0.29) is 18.0 Å². The van der Waals surface area contributed by atoms with Crippen LogP contribution in [0.25, 0.3) is 0 Å². The van der Waals surface area contributed by atoms with Crippen molar-refractivity contribution in [2.24, 2.45) is 0 Å². The van der Waals surface area contributed by atoms with Gasteiger partial charge in [0.05, 0.1) is 12.0 Å². The van der Waals surface area contributed by atoms with Gasteiger partial charge in [0.1, 0.15) is 6.61 Å². The van der Waals surface area contributed by atoms with Crippen molar-refractivity contribution in [3.8, 4) is 0 Å². The Morgan fingerprint density at radius 1 is 1.42 bits per heavy atom. The molecule has 2 unspecified atom stereocenters. The zero-order valence-corrected chi connectivity index (χ0v) is 10.9. The highest BCUT2D eigenvalue weighted by molar-refractivity contribution is 5.79. The van der Waals surface area contributed by atoms with Gasteiger partial charge in [-0.1, -0.05) is 24.3 Å². The predicted molar refractivity (Wildman–Crippen MR) is 70.8 cm³/mol. The molecule has 0 aliphatic carbocycles. The molecule has 1 aromatic carbocycles. The Balaban J connectivity index is 1.64. The Morgan fingerprint density at radius 2 is 2.32 bits per heavy atom. The van der Waals surface area contributed by atoms with E-state index in [1.165, 1.54) is 5.56 Å². The first-order chi connectivity index (χ1) is 9.34. The number of benzene rings is 1. The van der Waals surface area contributed by atoms with E-state index >= 15 is 0 Å². The Bertz CT molecular complexity index is 454. The molecular formula is C15H19NO3. The van der Waals surface area contributed by atoms with Crippen LogP contribution in [0.1, 0.15) is 29.9 Å². The molecule has 2 atom stereocenters. The lowest BCUT2D eigenvalue weighted by Crippen LogP contribution is -2.34. The number of esters is 1. The lowest BCUT2D eigenvalue weighted by Gasteiger charge is -2.25. The number of fused-ring (bicyclic) bond motifs is 1. The number of hydrogen-bond donors (Lipinski definition) is 1. The van der Waals surface area contributed by atoms with Crippen LogP contribution in [0.5, 0.6) is 0 Å². The van der Waals surface area contributed by atoms with Gasteiger partial charge in [-0.3, -0.25) is 4.79 Å². The molecule has 3 rings (SSSR count). The molecule has 0 bridgehead atoms. The monoisotopic (exact) mass is 261 g/mol. The molecule has 0 amide bonds. The number of rotatable bonds is 3. The molecule has 1 N–H and O–H groups in total. The topological polar surface area (TPSA) is 47.6 Å². The third-order valence-electron chi connectivity index (χ3n) is 3.81. The average molecular weight is 261 g/mol. The normalized spacial score (nSPS) is 25.9. The van der Waals surface area contributed by atoms with Gasteiger partial charge in [-0.15, -0.1) is 0 Å². The average Bonchev–Trinajstić information content (AvgIpc) is 2.97. The quantitative estimate of drug-likeness (QED) is 0.840. The maximum absolute atomic E-state index is 12.2. The highest BCUT2D eigenvalue weighted by Crippen LogP contribution is 2.25. The molecule has 4 heteroatoms. The van der Waals surface area contributed by atoms with Gasteiger partial charge in [0.15, 0.2) is 0 Å². The van der Waals surface area contributed by atoms with Gasteiger partial charge in [0, 0.05) is 19.7 Å². The first-order valence-electron chi connectivity index (χ1n) is 6.91. The summed E-state index contributed by atoms with van der Waals surface area (Å²) in [5, 5.41) is 3.27. The van der Waals surface area contributed by atoms with E-state index < -0.39 is 0 Å². The molecule has 2 heterocycles. The van der Waals surface area contributed by atoms with E-state index in [9.17, 15) is 4.79 Å². The molecule has 0 aromatic heterocycles. The second-order valence-electron chi connectivity index (χ2n) is 5.15. The third kappa shape index (κ3) is 2.80. The summed E-state index contributed by atoms with van der Waals surface area (Å²) in [6.07, 6.45) is 2.15. The Morgan fingerprint density at radius 3 is 3.16 bits per heavy atom. The van der Waals surface area contributed by atoms with E-state index in [0.717, 1.165) is 31.6 Å². The van der Waals surface area contributed by atoms with Crippen molar-refractivity contribution in [1.29, 1.82) is 0 Å². The maximum Gasteiger partial charge on any atom is 0.314 e. The Kier molecular flexibility index (Phi) is 3.80.